The highest BCUT2D eigenvalue weighted by atomic mass is 127. The zero-order chi connectivity index (χ0) is 9.30. The minimum absolute atomic E-state index is 0.0227. The summed E-state index contributed by atoms with van der Waals surface area (Å²) in [5.41, 5.74) is 0.0227. The van der Waals surface area contributed by atoms with Gasteiger partial charge in [0.1, 0.15) is 0 Å². The van der Waals surface area contributed by atoms with E-state index in [1.165, 1.54) is 16.2 Å². The lowest BCUT2D eigenvalue weighted by Crippen LogP contribution is -2.04. The summed E-state index contributed by atoms with van der Waals surface area (Å²) >= 11 is 1.77. The highest BCUT2D eigenvalue weighted by molar-refractivity contribution is 14.1. The summed E-state index contributed by atoms with van der Waals surface area (Å²) in [5.74, 6) is -3.77. The zero-order valence-corrected chi connectivity index (χ0v) is 8.27. The lowest BCUT2D eigenvalue weighted by atomic mass is 10.3. The number of hydrogen-bond acceptors (Lipinski definition) is 1. The van der Waals surface area contributed by atoms with Gasteiger partial charge in [-0.2, -0.15) is 0 Å². The first kappa shape index (κ1) is 9.63. The van der Waals surface area contributed by atoms with Crippen molar-refractivity contribution in [3.8, 4) is 0 Å². The maximum atomic E-state index is 12.9. The number of nitrogens with zero attached hydrogens (tertiary/aromatic N) is 1. The number of hydrogen-bond donors (Lipinski definition) is 0. The van der Waals surface area contributed by atoms with Gasteiger partial charge < -0.3 is 3.11 Å². The van der Waals surface area contributed by atoms with Gasteiger partial charge in [-0.05, 0) is 12.1 Å². The smallest absolute Gasteiger partial charge is 0.196 e. The molecule has 5 heteroatoms. The molecule has 1 aromatic rings. The Morgan fingerprint density at radius 1 is 1.17 bits per heavy atom. The molecule has 1 rings (SSSR count). The molecule has 0 atom stereocenters. The molecule has 0 radical (unpaired) electrons. The van der Waals surface area contributed by atoms with Gasteiger partial charge in [0.2, 0.25) is 0 Å². The summed E-state index contributed by atoms with van der Waals surface area (Å²) in [6.07, 6.45) is 0. The minimum atomic E-state index is -1.43. The van der Waals surface area contributed by atoms with E-state index >= 15 is 0 Å². The quantitative estimate of drug-likeness (QED) is 0.436. The lowest BCUT2D eigenvalue weighted by Gasteiger charge is -2.10. The summed E-state index contributed by atoms with van der Waals surface area (Å²) in [5, 5.41) is 0. The SMILES string of the molecule is CN(I)c1ccc(F)c(F)c1F. The fourth-order valence-corrected chi connectivity index (χ4v) is 1.13. The Hall–Kier alpha value is -0.460. The number of benzene rings is 1. The lowest BCUT2D eigenvalue weighted by molar-refractivity contribution is 0.448. The zero-order valence-electron chi connectivity index (χ0n) is 6.11. The molecule has 1 aromatic carbocycles. The second-order valence-corrected chi connectivity index (χ2v) is 3.62. The molecule has 1 nitrogen and oxygen atoms in total. The van der Waals surface area contributed by atoms with E-state index in [-0.39, 0.29) is 5.69 Å². The number of halogens is 4. The van der Waals surface area contributed by atoms with Crippen LogP contribution in [0, 0.1) is 17.5 Å². The van der Waals surface area contributed by atoms with Crippen molar-refractivity contribution in [1.29, 1.82) is 0 Å². The molecular weight excluding hydrogens is 282 g/mol. The van der Waals surface area contributed by atoms with Crippen LogP contribution < -0.4 is 3.11 Å². The third kappa shape index (κ3) is 1.65. The van der Waals surface area contributed by atoms with Gasteiger partial charge in [0, 0.05) is 7.05 Å². The first-order chi connectivity index (χ1) is 5.54. The van der Waals surface area contributed by atoms with Crippen molar-refractivity contribution in [2.24, 2.45) is 0 Å². The topological polar surface area (TPSA) is 3.24 Å². The molecule has 0 unspecified atom stereocenters. The second-order valence-electron chi connectivity index (χ2n) is 2.17. The second kappa shape index (κ2) is 3.51. The number of anilines is 1. The van der Waals surface area contributed by atoms with Crippen LogP contribution in [0.5, 0.6) is 0 Å². The molecule has 0 N–H and O–H groups in total. The van der Waals surface area contributed by atoms with Gasteiger partial charge in [-0.25, -0.2) is 13.2 Å². The normalized spacial score (nSPS) is 10.1. The Balaban J connectivity index is 3.27. The molecular formula is C7H5F3IN. The highest BCUT2D eigenvalue weighted by Gasteiger charge is 2.14. The third-order valence-corrected chi connectivity index (χ3v) is 1.87. The van der Waals surface area contributed by atoms with Crippen LogP contribution in [-0.2, 0) is 0 Å². The van der Waals surface area contributed by atoms with Crippen LogP contribution in [0.15, 0.2) is 12.1 Å². The average Bonchev–Trinajstić information content (AvgIpc) is 2.00. The molecule has 0 bridgehead atoms. The fourth-order valence-electron chi connectivity index (χ4n) is 0.754. The van der Waals surface area contributed by atoms with E-state index in [0.29, 0.717) is 0 Å². The summed E-state index contributed by atoms with van der Waals surface area (Å²) in [4.78, 5) is 0. The van der Waals surface area contributed by atoms with Crippen molar-refractivity contribution in [3.63, 3.8) is 0 Å². The predicted molar refractivity (Wildman–Crippen MR) is 48.7 cm³/mol. The summed E-state index contributed by atoms with van der Waals surface area (Å²) in [6.45, 7) is 0. The maximum absolute atomic E-state index is 12.9. The van der Waals surface area contributed by atoms with E-state index < -0.39 is 17.5 Å². The average molecular weight is 287 g/mol. The van der Waals surface area contributed by atoms with Crippen molar-refractivity contribution in [2.45, 2.75) is 0 Å². The van der Waals surface area contributed by atoms with Gasteiger partial charge in [-0.3, -0.25) is 0 Å². The minimum Gasteiger partial charge on any atom is -0.315 e. The first-order valence-corrected chi connectivity index (χ1v) is 4.03. The van der Waals surface area contributed by atoms with Crippen molar-refractivity contribution in [1.82, 2.24) is 0 Å². The van der Waals surface area contributed by atoms with Crippen molar-refractivity contribution < 1.29 is 13.2 Å². The van der Waals surface area contributed by atoms with Crippen molar-refractivity contribution >= 4 is 28.6 Å². The highest BCUT2D eigenvalue weighted by Crippen LogP contribution is 2.24. The van der Waals surface area contributed by atoms with Crippen LogP contribution in [0.2, 0.25) is 0 Å². The van der Waals surface area contributed by atoms with Crippen LogP contribution in [0.25, 0.3) is 0 Å². The molecule has 0 aliphatic carbocycles. The van der Waals surface area contributed by atoms with Gasteiger partial charge in [-0.1, -0.05) is 0 Å². The molecule has 0 saturated heterocycles. The summed E-state index contributed by atoms with van der Waals surface area (Å²) < 4.78 is 39.2. The van der Waals surface area contributed by atoms with Crippen molar-refractivity contribution in [3.05, 3.63) is 29.6 Å². The Morgan fingerprint density at radius 3 is 2.25 bits per heavy atom. The van der Waals surface area contributed by atoms with E-state index in [2.05, 4.69) is 0 Å². The molecule has 0 spiro atoms. The maximum Gasteiger partial charge on any atom is 0.196 e. The van der Waals surface area contributed by atoms with Gasteiger partial charge in [0.25, 0.3) is 0 Å². The Labute approximate surface area is 81.7 Å². The fraction of sp³-hybridized carbons (Fsp3) is 0.143. The molecule has 0 aliphatic heterocycles. The molecule has 12 heavy (non-hydrogen) atoms. The number of rotatable bonds is 1. The molecule has 0 aliphatic rings. The van der Waals surface area contributed by atoms with Crippen LogP contribution in [0.1, 0.15) is 0 Å². The molecule has 0 saturated carbocycles. The van der Waals surface area contributed by atoms with E-state index in [0.717, 1.165) is 6.07 Å². The molecule has 0 fully saturated rings. The van der Waals surface area contributed by atoms with Crippen LogP contribution >= 0.6 is 22.9 Å². The largest absolute Gasteiger partial charge is 0.315 e. The van der Waals surface area contributed by atoms with Crippen molar-refractivity contribution in [2.75, 3.05) is 10.2 Å². The molecule has 66 valence electrons. The third-order valence-electron chi connectivity index (χ3n) is 1.35. The van der Waals surface area contributed by atoms with Gasteiger partial charge >= 0.3 is 0 Å². The van der Waals surface area contributed by atoms with Crippen LogP contribution in [-0.4, -0.2) is 7.05 Å². The Bertz CT molecular complexity index is 301. The van der Waals surface area contributed by atoms with E-state index in [1.807, 2.05) is 0 Å². The van der Waals surface area contributed by atoms with Gasteiger partial charge in [0.15, 0.2) is 17.5 Å². The standard InChI is InChI=1S/C7H5F3IN/c1-12(11)5-3-2-4(8)6(9)7(5)10/h2-3H,1H3. The summed E-state index contributed by atoms with van der Waals surface area (Å²) in [6, 6.07) is 2.07. The molecule has 0 aromatic heterocycles. The first-order valence-electron chi connectivity index (χ1n) is 3.07. The van der Waals surface area contributed by atoms with E-state index in [9.17, 15) is 13.2 Å². The van der Waals surface area contributed by atoms with Crippen LogP contribution in [0.4, 0.5) is 18.9 Å². The van der Waals surface area contributed by atoms with E-state index in [1.54, 1.807) is 22.9 Å². The predicted octanol–water partition coefficient (Wildman–Crippen LogP) is 2.89. The summed E-state index contributed by atoms with van der Waals surface area (Å²) in [7, 11) is 1.54. The van der Waals surface area contributed by atoms with Gasteiger partial charge in [-0.15, -0.1) is 0 Å². The monoisotopic (exact) mass is 287 g/mol. The Morgan fingerprint density at radius 2 is 1.75 bits per heavy atom. The van der Waals surface area contributed by atoms with Crippen LogP contribution in [0.3, 0.4) is 0 Å². The van der Waals surface area contributed by atoms with E-state index in [4.69, 9.17) is 0 Å². The Kier molecular flexibility index (Phi) is 2.81. The molecule has 0 heterocycles. The van der Waals surface area contributed by atoms with Gasteiger partial charge in [0.05, 0.1) is 28.6 Å². The molecule has 0 amide bonds.